The van der Waals surface area contributed by atoms with Crippen LogP contribution in [0, 0.1) is 0 Å². The Morgan fingerprint density at radius 1 is 0.405 bits per heavy atom. The molecule has 2 aromatic heterocycles. The fourth-order valence-corrected chi connectivity index (χ4v) is 10.1. The summed E-state index contributed by atoms with van der Waals surface area (Å²) >= 11 is 11.9. The van der Waals surface area contributed by atoms with Gasteiger partial charge in [0.05, 0.1) is 9.75 Å². The van der Waals surface area contributed by atoms with Crippen molar-refractivity contribution in [3.63, 3.8) is 0 Å². The van der Waals surface area contributed by atoms with Gasteiger partial charge in [-0.15, -0.1) is 22.7 Å². The molecule has 4 rings (SSSR count). The highest BCUT2D eigenvalue weighted by atomic mass is 79.9. The molecule has 2 heterocycles. The molecule has 0 bridgehead atoms. The number of benzene rings is 2. The highest BCUT2D eigenvalue weighted by Gasteiger charge is 2.25. The molecule has 42 heavy (non-hydrogen) atoms. The summed E-state index contributed by atoms with van der Waals surface area (Å²) in [6.07, 6.45) is 0. The number of thiophene rings is 2. The lowest BCUT2D eigenvalue weighted by atomic mass is 9.84. The lowest BCUT2D eigenvalue weighted by Gasteiger charge is -2.22. The summed E-state index contributed by atoms with van der Waals surface area (Å²) < 4.78 is 2.36. The van der Waals surface area contributed by atoms with Crippen LogP contribution in [0.5, 0.6) is 0 Å². The summed E-state index contributed by atoms with van der Waals surface area (Å²) in [4.78, 5) is 5.32. The Hall–Kier alpha value is -1.20. The molecule has 0 nitrogen and oxygen atoms in total. The van der Waals surface area contributed by atoms with Gasteiger partial charge < -0.3 is 0 Å². The first-order valence-corrected chi connectivity index (χ1v) is 18.8. The first kappa shape index (κ1) is 33.7. The Balaban J connectivity index is 1.92. The molecule has 226 valence electrons. The third kappa shape index (κ3) is 6.72. The zero-order valence-corrected chi connectivity index (χ0v) is 32.3. The number of rotatable bonds is 9. The maximum Gasteiger partial charge on any atom is 0.0602 e. The second-order valence-electron chi connectivity index (χ2n) is 13.7. The van der Waals surface area contributed by atoms with E-state index < -0.39 is 0 Å². The van der Waals surface area contributed by atoms with E-state index in [0.29, 0.717) is 35.5 Å². The first-order valence-electron chi connectivity index (χ1n) is 15.6. The molecule has 0 aliphatic carbocycles. The van der Waals surface area contributed by atoms with E-state index in [4.69, 9.17) is 0 Å². The first-order chi connectivity index (χ1) is 19.6. The van der Waals surface area contributed by atoms with Crippen LogP contribution in [0.2, 0.25) is 0 Å². The third-order valence-corrected chi connectivity index (χ3v) is 12.6. The van der Waals surface area contributed by atoms with Gasteiger partial charge in [-0.1, -0.05) is 107 Å². The Labute approximate surface area is 280 Å². The van der Waals surface area contributed by atoms with E-state index in [1.165, 1.54) is 73.0 Å². The minimum Gasteiger partial charge on any atom is -0.133 e. The molecule has 0 aliphatic heterocycles. The molecule has 0 aliphatic rings. The zero-order chi connectivity index (χ0) is 31.2. The van der Waals surface area contributed by atoms with Gasteiger partial charge in [-0.2, -0.15) is 0 Å². The van der Waals surface area contributed by atoms with Crippen LogP contribution in [-0.2, 0) is 0 Å². The van der Waals surface area contributed by atoms with Crippen LogP contribution < -0.4 is 0 Å². The van der Waals surface area contributed by atoms with Crippen LogP contribution in [0.15, 0.2) is 45.3 Å². The molecule has 2 aromatic carbocycles. The topological polar surface area (TPSA) is 0 Å². The summed E-state index contributed by atoms with van der Waals surface area (Å²) in [5, 5.41) is 0. The maximum atomic E-state index is 4.01. The molecule has 0 saturated carbocycles. The van der Waals surface area contributed by atoms with E-state index >= 15 is 0 Å². The molecule has 0 atom stereocenters. The van der Waals surface area contributed by atoms with Gasteiger partial charge in [0.25, 0.3) is 0 Å². The fourth-order valence-electron chi connectivity index (χ4n) is 5.77. The molecular formula is C38H48Br2S2. The molecule has 0 fully saturated rings. The Kier molecular flexibility index (Phi) is 10.8. The van der Waals surface area contributed by atoms with E-state index in [0.717, 1.165) is 0 Å². The van der Waals surface area contributed by atoms with Crippen LogP contribution in [0.4, 0.5) is 0 Å². The molecule has 0 unspecified atom stereocenters. The molecule has 0 N–H and O–H groups in total. The van der Waals surface area contributed by atoms with E-state index in [1.807, 2.05) is 22.7 Å². The molecule has 0 radical (unpaired) electrons. The smallest absolute Gasteiger partial charge is 0.0602 e. The summed E-state index contributed by atoms with van der Waals surface area (Å²) in [6.45, 7) is 27.9. The van der Waals surface area contributed by atoms with Crippen molar-refractivity contribution >= 4 is 54.5 Å². The van der Waals surface area contributed by atoms with E-state index in [2.05, 4.69) is 151 Å². The third-order valence-electron chi connectivity index (χ3n) is 8.34. The van der Waals surface area contributed by atoms with E-state index in [1.54, 1.807) is 0 Å². The van der Waals surface area contributed by atoms with Crippen LogP contribution >= 0.6 is 54.5 Å². The van der Waals surface area contributed by atoms with E-state index in [-0.39, 0.29) is 0 Å². The highest BCUT2D eigenvalue weighted by Crippen LogP contribution is 2.52. The van der Waals surface area contributed by atoms with Crippen molar-refractivity contribution in [2.24, 2.45) is 0 Å². The Bertz CT molecular complexity index is 1380. The van der Waals surface area contributed by atoms with Crippen molar-refractivity contribution in [3.8, 4) is 30.6 Å². The summed E-state index contributed by atoms with van der Waals surface area (Å²) in [7, 11) is 0. The van der Waals surface area contributed by atoms with Gasteiger partial charge in [-0.05, 0) is 124 Å². The van der Waals surface area contributed by atoms with Gasteiger partial charge in [0, 0.05) is 18.7 Å². The SMILES string of the molecule is CC(C)c1cc(C(C)C)c(-c2cc(Br)c(-c3sc(-c4c(C(C)C)cc(C(C)C)cc4C(C)C)cc3Br)s2)c(C(C)C)c1. The monoisotopic (exact) mass is 726 g/mol. The summed E-state index contributed by atoms with van der Waals surface area (Å²) in [6, 6.07) is 14.6. The standard InChI is InChI=1S/C38H48Br2S2/c1-19(2)25-13-27(21(5)6)35(28(14-25)22(7)8)33-17-31(39)37(41-33)38-32(40)18-34(42-38)36-29(23(9)10)15-26(20(3)4)16-30(36)24(11)12/h13-24H,1-12H3. The number of hydrogen-bond donors (Lipinski definition) is 0. The van der Waals surface area contributed by atoms with Gasteiger partial charge in [0.2, 0.25) is 0 Å². The quantitative estimate of drug-likeness (QED) is 0.161. The van der Waals surface area contributed by atoms with Gasteiger partial charge in [0.1, 0.15) is 0 Å². The minimum atomic E-state index is 0.457. The maximum absolute atomic E-state index is 4.01. The van der Waals surface area contributed by atoms with Crippen molar-refractivity contribution in [2.75, 3.05) is 0 Å². The van der Waals surface area contributed by atoms with Crippen molar-refractivity contribution in [2.45, 2.75) is 119 Å². The Morgan fingerprint density at radius 3 is 0.881 bits per heavy atom. The van der Waals surface area contributed by atoms with Gasteiger partial charge in [0.15, 0.2) is 0 Å². The molecule has 4 aromatic rings. The fraction of sp³-hybridized carbons (Fsp3) is 0.474. The molecule has 0 amide bonds. The molecule has 0 spiro atoms. The average molecular weight is 729 g/mol. The summed E-state index contributed by atoms with van der Waals surface area (Å²) in [5.74, 6) is 2.86. The van der Waals surface area contributed by atoms with Gasteiger partial charge in [-0.25, -0.2) is 0 Å². The van der Waals surface area contributed by atoms with E-state index in [9.17, 15) is 0 Å². The summed E-state index contributed by atoms with van der Waals surface area (Å²) in [5.41, 5.74) is 11.6. The minimum absolute atomic E-state index is 0.457. The predicted octanol–water partition coefficient (Wildman–Crippen LogP) is 15.1. The zero-order valence-electron chi connectivity index (χ0n) is 27.5. The van der Waals surface area contributed by atoms with Crippen molar-refractivity contribution in [3.05, 3.63) is 78.7 Å². The largest absolute Gasteiger partial charge is 0.133 e. The van der Waals surface area contributed by atoms with Crippen molar-refractivity contribution in [1.82, 2.24) is 0 Å². The van der Waals surface area contributed by atoms with Crippen LogP contribution in [0.25, 0.3) is 30.6 Å². The Morgan fingerprint density at radius 2 is 0.667 bits per heavy atom. The second-order valence-corrected chi connectivity index (χ2v) is 17.5. The predicted molar refractivity (Wildman–Crippen MR) is 198 cm³/mol. The highest BCUT2D eigenvalue weighted by molar-refractivity contribution is 9.11. The van der Waals surface area contributed by atoms with Crippen molar-refractivity contribution < 1.29 is 0 Å². The molecular weight excluding hydrogens is 680 g/mol. The normalized spacial score (nSPS) is 12.4. The lowest BCUT2D eigenvalue weighted by molar-refractivity contribution is 0.808. The average Bonchev–Trinajstić information content (AvgIpc) is 3.48. The van der Waals surface area contributed by atoms with Gasteiger partial charge in [-0.3, -0.25) is 0 Å². The number of halogens is 2. The van der Waals surface area contributed by atoms with Crippen LogP contribution in [-0.4, -0.2) is 0 Å². The lowest BCUT2D eigenvalue weighted by Crippen LogP contribution is -2.02. The second kappa shape index (κ2) is 13.4. The molecule has 4 heteroatoms. The van der Waals surface area contributed by atoms with Crippen LogP contribution in [0.1, 0.15) is 152 Å². The van der Waals surface area contributed by atoms with Crippen LogP contribution in [0.3, 0.4) is 0 Å². The molecule has 0 saturated heterocycles. The number of hydrogen-bond acceptors (Lipinski definition) is 2. The van der Waals surface area contributed by atoms with Gasteiger partial charge >= 0.3 is 0 Å². The van der Waals surface area contributed by atoms with Crippen molar-refractivity contribution in [1.29, 1.82) is 0 Å².